The van der Waals surface area contributed by atoms with Crippen molar-refractivity contribution in [2.24, 2.45) is 0 Å². The summed E-state index contributed by atoms with van der Waals surface area (Å²) in [6.45, 7) is 7.84. The third kappa shape index (κ3) is 0.924. The van der Waals surface area contributed by atoms with Gasteiger partial charge in [-0.3, -0.25) is 4.90 Å². The summed E-state index contributed by atoms with van der Waals surface area (Å²) in [5.41, 5.74) is -0.267. The molecule has 1 heterocycles. The molecule has 0 aromatic rings. The lowest BCUT2D eigenvalue weighted by atomic mass is 9.90. The maximum atomic E-state index is 11.2. The van der Waals surface area contributed by atoms with Gasteiger partial charge in [-0.2, -0.15) is 0 Å². The van der Waals surface area contributed by atoms with E-state index >= 15 is 0 Å². The molecule has 0 radical (unpaired) electrons. The summed E-state index contributed by atoms with van der Waals surface area (Å²) in [6.07, 6.45) is 1.42. The summed E-state index contributed by atoms with van der Waals surface area (Å²) < 4.78 is 4.96. The van der Waals surface area contributed by atoms with Crippen molar-refractivity contribution in [2.45, 2.75) is 32.2 Å². The molecule has 1 aliphatic heterocycles. The smallest absolute Gasteiger partial charge is 0.413 e. The van der Waals surface area contributed by atoms with E-state index in [1.54, 1.807) is 11.9 Å². The third-order valence-corrected chi connectivity index (χ3v) is 2.82. The van der Waals surface area contributed by atoms with E-state index in [1.165, 1.54) is 0 Å². The van der Waals surface area contributed by atoms with Gasteiger partial charge in [0, 0.05) is 7.05 Å². The highest BCUT2D eigenvalue weighted by Gasteiger charge is 2.45. The molecule has 12 heavy (non-hydrogen) atoms. The summed E-state index contributed by atoms with van der Waals surface area (Å²) in [4.78, 5) is 12.8. The van der Waals surface area contributed by atoms with Gasteiger partial charge in [-0.1, -0.05) is 20.4 Å². The van der Waals surface area contributed by atoms with Crippen LogP contribution in [0.25, 0.3) is 0 Å². The van der Waals surface area contributed by atoms with Crippen molar-refractivity contribution in [3.8, 4) is 0 Å². The number of cyclic esters (lactones) is 1. The van der Waals surface area contributed by atoms with Crippen molar-refractivity contribution >= 4 is 6.09 Å². The Morgan fingerprint density at radius 3 is 2.17 bits per heavy atom. The van der Waals surface area contributed by atoms with E-state index < -0.39 is 0 Å². The van der Waals surface area contributed by atoms with Gasteiger partial charge >= 0.3 is 6.09 Å². The monoisotopic (exact) mass is 169 g/mol. The summed E-state index contributed by atoms with van der Waals surface area (Å²) in [6, 6.07) is 0. The molecule has 0 N–H and O–H groups in total. The van der Waals surface area contributed by atoms with Crippen molar-refractivity contribution in [2.75, 3.05) is 7.05 Å². The first-order valence-corrected chi connectivity index (χ1v) is 4.23. The van der Waals surface area contributed by atoms with Gasteiger partial charge in [0.2, 0.25) is 0 Å². The second-order valence-corrected chi connectivity index (χ2v) is 3.09. The molecule has 3 heteroatoms. The first-order chi connectivity index (χ1) is 5.58. The molecule has 0 aromatic carbocycles. The number of nitrogens with zero attached hydrogens (tertiary/aromatic N) is 1. The van der Waals surface area contributed by atoms with Gasteiger partial charge in [-0.25, -0.2) is 4.79 Å². The molecule has 1 rings (SSSR count). The Balaban J connectivity index is 3.01. The van der Waals surface area contributed by atoms with Crippen LogP contribution in [0.2, 0.25) is 0 Å². The molecule has 68 valence electrons. The van der Waals surface area contributed by atoms with Gasteiger partial charge in [-0.15, -0.1) is 0 Å². The molecule has 0 atom stereocenters. The zero-order chi connectivity index (χ0) is 9.35. The molecule has 1 aliphatic rings. The summed E-state index contributed by atoms with van der Waals surface area (Å²) in [5, 5.41) is 0. The zero-order valence-corrected chi connectivity index (χ0v) is 7.89. The minimum absolute atomic E-state index is 0.267. The van der Waals surface area contributed by atoms with Gasteiger partial charge in [-0.05, 0) is 12.8 Å². The molecule has 3 nitrogen and oxygen atoms in total. The van der Waals surface area contributed by atoms with Crippen molar-refractivity contribution in [3.05, 3.63) is 12.3 Å². The molecule has 0 saturated carbocycles. The molecule has 1 amide bonds. The minimum Gasteiger partial charge on any atom is -0.413 e. The van der Waals surface area contributed by atoms with Crippen LogP contribution in [-0.4, -0.2) is 23.6 Å². The summed E-state index contributed by atoms with van der Waals surface area (Å²) >= 11 is 0. The predicted octanol–water partition coefficient (Wildman–Crippen LogP) is 2.14. The Morgan fingerprint density at radius 2 is 2.00 bits per heavy atom. The summed E-state index contributed by atoms with van der Waals surface area (Å²) in [5.74, 6) is 0.583. The van der Waals surface area contributed by atoms with Gasteiger partial charge in [0.1, 0.15) is 11.3 Å². The number of rotatable bonds is 2. The predicted molar refractivity (Wildman–Crippen MR) is 46.7 cm³/mol. The number of carbonyl (C=O) groups is 1. The molecule has 0 spiro atoms. The Kier molecular flexibility index (Phi) is 2.13. The first kappa shape index (κ1) is 9.10. The number of hydrogen-bond acceptors (Lipinski definition) is 2. The molecule has 1 fully saturated rings. The van der Waals surface area contributed by atoms with E-state index in [0.717, 1.165) is 12.8 Å². The average molecular weight is 169 g/mol. The van der Waals surface area contributed by atoms with Crippen molar-refractivity contribution < 1.29 is 9.53 Å². The lowest BCUT2D eigenvalue weighted by Crippen LogP contribution is -2.42. The van der Waals surface area contributed by atoms with Crippen LogP contribution in [0.1, 0.15) is 26.7 Å². The molecule has 0 aliphatic carbocycles. The second-order valence-electron chi connectivity index (χ2n) is 3.09. The third-order valence-electron chi connectivity index (χ3n) is 2.82. The quantitative estimate of drug-likeness (QED) is 0.633. The van der Waals surface area contributed by atoms with Crippen LogP contribution < -0.4 is 0 Å². The maximum Gasteiger partial charge on any atom is 0.415 e. The van der Waals surface area contributed by atoms with Gasteiger partial charge < -0.3 is 4.74 Å². The van der Waals surface area contributed by atoms with E-state index in [-0.39, 0.29) is 11.6 Å². The fourth-order valence-electron chi connectivity index (χ4n) is 1.75. The highest BCUT2D eigenvalue weighted by molar-refractivity contribution is 5.74. The molecule has 1 saturated heterocycles. The molecule has 0 unspecified atom stereocenters. The number of likely N-dealkylation sites (N-methyl/N-ethyl adjacent to an activating group) is 1. The van der Waals surface area contributed by atoms with Crippen molar-refractivity contribution in [1.29, 1.82) is 0 Å². The van der Waals surface area contributed by atoms with E-state index in [4.69, 9.17) is 4.74 Å². The van der Waals surface area contributed by atoms with E-state index in [1.807, 2.05) is 13.8 Å². The zero-order valence-electron chi connectivity index (χ0n) is 7.89. The number of carbonyl (C=O) groups excluding carboxylic acids is 1. The molecule has 0 aromatic heterocycles. The van der Waals surface area contributed by atoms with Crippen LogP contribution in [0.3, 0.4) is 0 Å². The van der Waals surface area contributed by atoms with Crippen LogP contribution >= 0.6 is 0 Å². The van der Waals surface area contributed by atoms with Gasteiger partial charge in [0.25, 0.3) is 0 Å². The SMILES string of the molecule is C=C1OC(=O)N(C)C1(CC)CC. The number of hydrogen-bond donors (Lipinski definition) is 0. The van der Waals surface area contributed by atoms with Crippen LogP contribution in [0, 0.1) is 0 Å². The van der Waals surface area contributed by atoms with E-state index in [0.29, 0.717) is 5.76 Å². The highest BCUT2D eigenvalue weighted by Crippen LogP contribution is 2.36. The normalized spacial score (nSPS) is 21.4. The number of amides is 1. The van der Waals surface area contributed by atoms with Crippen molar-refractivity contribution in [1.82, 2.24) is 4.90 Å². The number of ether oxygens (including phenoxy) is 1. The van der Waals surface area contributed by atoms with E-state index in [2.05, 4.69) is 6.58 Å². The molecule has 0 bridgehead atoms. The largest absolute Gasteiger partial charge is 0.415 e. The minimum atomic E-state index is -0.288. The van der Waals surface area contributed by atoms with Crippen LogP contribution in [0.4, 0.5) is 4.79 Å². The van der Waals surface area contributed by atoms with Crippen molar-refractivity contribution in [3.63, 3.8) is 0 Å². The lowest BCUT2D eigenvalue weighted by molar-refractivity contribution is 0.162. The Bertz CT molecular complexity index is 219. The Morgan fingerprint density at radius 1 is 1.50 bits per heavy atom. The topological polar surface area (TPSA) is 29.5 Å². The summed E-state index contributed by atoms with van der Waals surface area (Å²) in [7, 11) is 1.76. The van der Waals surface area contributed by atoms with Gasteiger partial charge in [0.05, 0.1) is 0 Å². The van der Waals surface area contributed by atoms with E-state index in [9.17, 15) is 4.79 Å². The van der Waals surface area contributed by atoms with Crippen LogP contribution in [-0.2, 0) is 4.74 Å². The maximum absolute atomic E-state index is 11.2. The Labute approximate surface area is 73.0 Å². The fraction of sp³-hybridized carbons (Fsp3) is 0.667. The van der Waals surface area contributed by atoms with Gasteiger partial charge in [0.15, 0.2) is 0 Å². The van der Waals surface area contributed by atoms with Crippen LogP contribution in [0.15, 0.2) is 12.3 Å². The molecular formula is C9H15NO2. The fourth-order valence-corrected chi connectivity index (χ4v) is 1.75. The lowest BCUT2D eigenvalue weighted by Gasteiger charge is -2.30. The second kappa shape index (κ2) is 2.81. The van der Waals surface area contributed by atoms with Crippen LogP contribution in [0.5, 0.6) is 0 Å². The standard InChI is InChI=1S/C9H15NO2/c1-5-9(6-2)7(3)12-8(11)10(9)4/h3,5-6H2,1-2,4H3. The first-order valence-electron chi connectivity index (χ1n) is 4.23. The highest BCUT2D eigenvalue weighted by atomic mass is 16.6. The average Bonchev–Trinajstić information content (AvgIpc) is 2.26. The Hall–Kier alpha value is -0.990. The molecular weight excluding hydrogens is 154 g/mol.